The minimum absolute atomic E-state index is 0.675. The minimum Gasteiger partial charge on any atom is -0.317 e. The average molecular weight is 262 g/mol. The zero-order valence-corrected chi connectivity index (χ0v) is 12.1. The van der Waals surface area contributed by atoms with E-state index in [-0.39, 0.29) is 0 Å². The van der Waals surface area contributed by atoms with Crippen molar-refractivity contribution in [3.63, 3.8) is 0 Å². The summed E-state index contributed by atoms with van der Waals surface area (Å²) < 4.78 is 2.45. The van der Waals surface area contributed by atoms with Gasteiger partial charge in [0.15, 0.2) is 0 Å². The van der Waals surface area contributed by atoms with Gasteiger partial charge in [0.25, 0.3) is 0 Å². The molecule has 0 spiro atoms. The van der Waals surface area contributed by atoms with E-state index in [2.05, 4.69) is 27.0 Å². The van der Waals surface area contributed by atoms with Crippen LogP contribution in [0.4, 0.5) is 0 Å². The molecular weight excluding hydrogens is 236 g/mol. The van der Waals surface area contributed by atoms with Gasteiger partial charge in [0.2, 0.25) is 0 Å². The lowest BCUT2D eigenvalue weighted by Gasteiger charge is -2.18. The van der Waals surface area contributed by atoms with Crippen molar-refractivity contribution >= 4 is 0 Å². The van der Waals surface area contributed by atoms with E-state index < -0.39 is 0 Å². The van der Waals surface area contributed by atoms with Crippen LogP contribution in [-0.2, 0) is 6.42 Å². The third-order valence-corrected chi connectivity index (χ3v) is 4.79. The summed E-state index contributed by atoms with van der Waals surface area (Å²) in [4.78, 5) is 0. The Morgan fingerprint density at radius 1 is 1.05 bits per heavy atom. The van der Waals surface area contributed by atoms with E-state index in [9.17, 15) is 0 Å². The molecule has 1 aromatic heterocycles. The summed E-state index contributed by atoms with van der Waals surface area (Å²) in [5.41, 5.74) is 0. The number of hydrogen-bond donors (Lipinski definition) is 1. The summed E-state index contributed by atoms with van der Waals surface area (Å²) in [7, 11) is 0. The second-order valence-electron chi connectivity index (χ2n) is 6.22. The van der Waals surface area contributed by atoms with Gasteiger partial charge in [-0.1, -0.05) is 12.8 Å². The monoisotopic (exact) mass is 262 g/mol. The second kappa shape index (κ2) is 6.04. The lowest BCUT2D eigenvalue weighted by Crippen LogP contribution is -2.17. The number of aryl methyl sites for hydroxylation is 1. The standard InChI is InChI=1S/C15H26N4/c1-12-17-18-15(19(12)14-6-2-3-7-14)11-13-5-4-9-16-10-8-13/h13-14,16H,2-11H2,1H3. The molecule has 1 aliphatic carbocycles. The summed E-state index contributed by atoms with van der Waals surface area (Å²) in [5.74, 6) is 3.16. The van der Waals surface area contributed by atoms with Crippen molar-refractivity contribution in [2.24, 2.45) is 5.92 Å². The minimum atomic E-state index is 0.675. The summed E-state index contributed by atoms with van der Waals surface area (Å²) in [6.45, 7) is 4.47. The Hall–Kier alpha value is -0.900. The molecule has 1 aromatic rings. The molecule has 0 aromatic carbocycles. The summed E-state index contributed by atoms with van der Waals surface area (Å²) >= 11 is 0. The van der Waals surface area contributed by atoms with E-state index in [1.165, 1.54) is 63.9 Å². The Morgan fingerprint density at radius 3 is 2.74 bits per heavy atom. The Bertz CT molecular complexity index is 398. The van der Waals surface area contributed by atoms with Crippen molar-refractivity contribution in [3.05, 3.63) is 11.6 Å². The molecule has 2 fully saturated rings. The highest BCUT2D eigenvalue weighted by atomic mass is 15.3. The Kier molecular flexibility index (Phi) is 4.16. The van der Waals surface area contributed by atoms with Crippen LogP contribution >= 0.6 is 0 Å². The van der Waals surface area contributed by atoms with Crippen LogP contribution in [0.3, 0.4) is 0 Å². The lowest BCUT2D eigenvalue weighted by molar-refractivity contribution is 0.423. The molecule has 106 valence electrons. The molecule has 3 rings (SSSR count). The summed E-state index contributed by atoms with van der Waals surface area (Å²) in [5, 5.41) is 12.3. The van der Waals surface area contributed by atoms with Gasteiger partial charge in [0, 0.05) is 12.5 Å². The molecule has 19 heavy (non-hydrogen) atoms. The molecule has 2 heterocycles. The maximum Gasteiger partial charge on any atom is 0.133 e. The van der Waals surface area contributed by atoms with Crippen molar-refractivity contribution in [3.8, 4) is 0 Å². The molecular formula is C15H26N4. The van der Waals surface area contributed by atoms with Crippen molar-refractivity contribution in [1.82, 2.24) is 20.1 Å². The third kappa shape index (κ3) is 2.99. The van der Waals surface area contributed by atoms with E-state index >= 15 is 0 Å². The van der Waals surface area contributed by atoms with Crippen molar-refractivity contribution in [2.75, 3.05) is 13.1 Å². The molecule has 0 amide bonds. The number of hydrogen-bond acceptors (Lipinski definition) is 3. The van der Waals surface area contributed by atoms with Gasteiger partial charge in [-0.05, 0) is 58.0 Å². The van der Waals surface area contributed by atoms with E-state index in [1.807, 2.05) is 0 Å². The Labute approximate surface area is 116 Å². The van der Waals surface area contributed by atoms with Crippen molar-refractivity contribution < 1.29 is 0 Å². The van der Waals surface area contributed by atoms with E-state index in [4.69, 9.17) is 0 Å². The quantitative estimate of drug-likeness (QED) is 0.910. The van der Waals surface area contributed by atoms with Gasteiger partial charge < -0.3 is 9.88 Å². The van der Waals surface area contributed by atoms with Crippen LogP contribution in [0, 0.1) is 12.8 Å². The molecule has 4 heteroatoms. The molecule has 1 aliphatic heterocycles. The third-order valence-electron chi connectivity index (χ3n) is 4.79. The molecule has 4 nitrogen and oxygen atoms in total. The fraction of sp³-hybridized carbons (Fsp3) is 0.867. The molecule has 2 aliphatic rings. The van der Waals surface area contributed by atoms with E-state index in [0.29, 0.717) is 6.04 Å². The molecule has 1 N–H and O–H groups in total. The second-order valence-corrected chi connectivity index (χ2v) is 6.22. The highest BCUT2D eigenvalue weighted by Gasteiger charge is 2.24. The first-order chi connectivity index (χ1) is 9.34. The van der Waals surface area contributed by atoms with Gasteiger partial charge in [-0.3, -0.25) is 0 Å². The topological polar surface area (TPSA) is 42.7 Å². The number of aromatic nitrogens is 3. The van der Waals surface area contributed by atoms with Gasteiger partial charge in [0.1, 0.15) is 11.6 Å². The fourth-order valence-corrected chi connectivity index (χ4v) is 3.74. The van der Waals surface area contributed by atoms with Gasteiger partial charge in [-0.2, -0.15) is 0 Å². The molecule has 0 radical (unpaired) electrons. The van der Waals surface area contributed by atoms with Crippen LogP contribution in [0.15, 0.2) is 0 Å². The van der Waals surface area contributed by atoms with Crippen molar-refractivity contribution in [2.45, 2.75) is 64.3 Å². The molecule has 1 unspecified atom stereocenters. The van der Waals surface area contributed by atoms with E-state index in [0.717, 1.165) is 18.2 Å². The van der Waals surface area contributed by atoms with Gasteiger partial charge in [-0.25, -0.2) is 0 Å². The van der Waals surface area contributed by atoms with Crippen LogP contribution in [0.1, 0.15) is 62.6 Å². The van der Waals surface area contributed by atoms with Crippen molar-refractivity contribution in [1.29, 1.82) is 0 Å². The maximum absolute atomic E-state index is 4.48. The molecule has 1 saturated heterocycles. The zero-order chi connectivity index (χ0) is 13.1. The van der Waals surface area contributed by atoms with Crippen LogP contribution < -0.4 is 5.32 Å². The fourth-order valence-electron chi connectivity index (χ4n) is 3.74. The highest BCUT2D eigenvalue weighted by molar-refractivity contribution is 5.00. The molecule has 0 bridgehead atoms. The first kappa shape index (κ1) is 13.1. The van der Waals surface area contributed by atoms with Crippen LogP contribution in [0.5, 0.6) is 0 Å². The van der Waals surface area contributed by atoms with Gasteiger partial charge >= 0.3 is 0 Å². The van der Waals surface area contributed by atoms with Gasteiger partial charge in [0.05, 0.1) is 0 Å². The predicted octanol–water partition coefficient (Wildman–Crippen LogP) is 2.63. The SMILES string of the molecule is Cc1nnc(CC2CCCNCC2)n1C1CCCC1. The van der Waals surface area contributed by atoms with E-state index in [1.54, 1.807) is 0 Å². The lowest BCUT2D eigenvalue weighted by atomic mass is 9.96. The first-order valence-electron chi connectivity index (χ1n) is 7.95. The summed E-state index contributed by atoms with van der Waals surface area (Å²) in [6, 6.07) is 0.675. The zero-order valence-electron chi connectivity index (χ0n) is 12.1. The van der Waals surface area contributed by atoms with Crippen LogP contribution in [-0.4, -0.2) is 27.9 Å². The predicted molar refractivity (Wildman–Crippen MR) is 76.2 cm³/mol. The number of rotatable bonds is 3. The first-order valence-corrected chi connectivity index (χ1v) is 7.95. The largest absolute Gasteiger partial charge is 0.317 e. The Balaban J connectivity index is 1.72. The maximum atomic E-state index is 4.48. The number of nitrogens with one attached hydrogen (secondary N) is 1. The van der Waals surface area contributed by atoms with Crippen LogP contribution in [0.25, 0.3) is 0 Å². The molecule has 1 saturated carbocycles. The normalized spacial score (nSPS) is 25.6. The summed E-state index contributed by atoms with van der Waals surface area (Å²) in [6.07, 6.45) is 10.4. The smallest absolute Gasteiger partial charge is 0.133 e. The average Bonchev–Trinajstić information content (AvgIpc) is 2.95. The highest BCUT2D eigenvalue weighted by Crippen LogP contribution is 2.32. The van der Waals surface area contributed by atoms with Crippen LogP contribution in [0.2, 0.25) is 0 Å². The van der Waals surface area contributed by atoms with Gasteiger partial charge in [-0.15, -0.1) is 10.2 Å². The molecule has 1 atom stereocenters. The number of nitrogens with zero attached hydrogens (tertiary/aromatic N) is 3. The Morgan fingerprint density at radius 2 is 1.89 bits per heavy atom.